The van der Waals surface area contributed by atoms with Gasteiger partial charge in [-0.05, 0) is 56.2 Å². The molecule has 3 aliphatic rings. The fourth-order valence-electron chi connectivity index (χ4n) is 7.75. The van der Waals surface area contributed by atoms with Crippen molar-refractivity contribution in [2.24, 2.45) is 11.8 Å². The lowest BCUT2D eigenvalue weighted by Gasteiger charge is -2.38. The van der Waals surface area contributed by atoms with E-state index in [1.54, 1.807) is 22.0 Å². The number of unbranched alkanes of at least 4 members (excludes halogenated alkanes) is 1. The number of aryl methyl sites for hydroxylation is 2. The number of allylic oxidation sites excluding steroid dienone is 1. The van der Waals surface area contributed by atoms with E-state index in [0.717, 1.165) is 16.8 Å². The number of rotatable bonds is 16. The Balaban J connectivity index is 1.50. The van der Waals surface area contributed by atoms with Crippen LogP contribution in [0.4, 0.5) is 5.69 Å². The standard InChI is InChI=1S/C38H46BrN3O7/c1-5-7-18-29(44)40-23-28(26-16-9-8-10-17-26)48-37(47)30-31-35(45)42(20-11-12-21-43)34(38(31)22-27(39)33(30)49-38)36(46)41(19-6-2)32-24(3)14-13-15-25(32)4/h5-6,8-10,13-17,27-28,30-31,33-34,43H,1-2,7,11-12,18-23H2,3-4H3,(H,40,44)/t27?,28-,30-,31+,33-,34-,38+/m0/s1. The van der Waals surface area contributed by atoms with Gasteiger partial charge in [0.1, 0.15) is 17.7 Å². The Hall–Kier alpha value is -3.80. The van der Waals surface area contributed by atoms with E-state index in [4.69, 9.17) is 9.47 Å². The maximum absolute atomic E-state index is 14.9. The fraction of sp³-hybridized carbons (Fsp3) is 0.474. The summed E-state index contributed by atoms with van der Waals surface area (Å²) >= 11 is 3.73. The van der Waals surface area contributed by atoms with Crippen LogP contribution >= 0.6 is 15.9 Å². The molecule has 1 spiro atoms. The molecule has 0 radical (unpaired) electrons. The monoisotopic (exact) mass is 735 g/mol. The second-order valence-corrected chi connectivity index (χ2v) is 14.2. The van der Waals surface area contributed by atoms with Gasteiger partial charge in [0.05, 0.1) is 24.5 Å². The molecule has 0 aliphatic carbocycles. The van der Waals surface area contributed by atoms with Crippen LogP contribution in [0.5, 0.6) is 0 Å². The van der Waals surface area contributed by atoms with Crippen LogP contribution in [-0.2, 0) is 28.7 Å². The Bertz CT molecular complexity index is 1550. The maximum atomic E-state index is 14.9. The van der Waals surface area contributed by atoms with Gasteiger partial charge in [0, 0.05) is 36.6 Å². The number of ether oxygens (including phenoxy) is 2. The van der Waals surface area contributed by atoms with Crippen molar-refractivity contribution in [1.82, 2.24) is 10.2 Å². The molecule has 3 amide bonds. The molecule has 2 aromatic carbocycles. The van der Waals surface area contributed by atoms with Crippen molar-refractivity contribution < 1.29 is 33.8 Å². The zero-order valence-corrected chi connectivity index (χ0v) is 29.8. The molecule has 5 rings (SSSR count). The number of fused-ring (bicyclic) bond motifs is 1. The van der Waals surface area contributed by atoms with Crippen molar-refractivity contribution >= 4 is 45.3 Å². The molecule has 3 fully saturated rings. The molecule has 7 atom stereocenters. The van der Waals surface area contributed by atoms with Gasteiger partial charge in [0.2, 0.25) is 11.8 Å². The lowest BCUT2D eigenvalue weighted by atomic mass is 9.70. The summed E-state index contributed by atoms with van der Waals surface area (Å²) in [7, 11) is 0. The summed E-state index contributed by atoms with van der Waals surface area (Å²) in [6.07, 6.45) is 3.85. The first-order valence-corrected chi connectivity index (χ1v) is 17.9. The number of likely N-dealkylation sites (tertiary alicyclic amines) is 1. The summed E-state index contributed by atoms with van der Waals surface area (Å²) in [4.78, 5) is 59.1. The predicted octanol–water partition coefficient (Wildman–Crippen LogP) is 4.71. The highest BCUT2D eigenvalue weighted by molar-refractivity contribution is 9.09. The number of aliphatic hydroxyl groups is 1. The van der Waals surface area contributed by atoms with Crippen LogP contribution in [0.15, 0.2) is 73.8 Å². The van der Waals surface area contributed by atoms with Crippen LogP contribution < -0.4 is 10.2 Å². The zero-order chi connectivity index (χ0) is 35.3. The zero-order valence-electron chi connectivity index (χ0n) is 28.2. The Labute approximate surface area is 296 Å². The molecule has 2 aromatic rings. The number of carbonyl (C=O) groups is 4. The molecular weight excluding hydrogens is 690 g/mol. The van der Waals surface area contributed by atoms with Crippen LogP contribution in [0.1, 0.15) is 54.9 Å². The predicted molar refractivity (Wildman–Crippen MR) is 190 cm³/mol. The third-order valence-electron chi connectivity index (χ3n) is 9.88. The van der Waals surface area contributed by atoms with Crippen LogP contribution in [0, 0.1) is 25.7 Å². The molecule has 0 saturated carbocycles. The number of halogens is 1. The minimum absolute atomic E-state index is 0.0478. The van der Waals surface area contributed by atoms with Crippen LogP contribution in [0.25, 0.3) is 0 Å². The maximum Gasteiger partial charge on any atom is 0.313 e. The molecule has 49 heavy (non-hydrogen) atoms. The first-order valence-electron chi connectivity index (χ1n) is 16.9. The Morgan fingerprint density at radius 1 is 1.12 bits per heavy atom. The smallest absolute Gasteiger partial charge is 0.313 e. The van der Waals surface area contributed by atoms with Crippen LogP contribution in [0.2, 0.25) is 0 Å². The number of esters is 1. The average molecular weight is 737 g/mol. The summed E-state index contributed by atoms with van der Waals surface area (Å²) < 4.78 is 12.9. The van der Waals surface area contributed by atoms with E-state index >= 15 is 0 Å². The topological polar surface area (TPSA) is 125 Å². The molecule has 3 heterocycles. The van der Waals surface area contributed by atoms with Crippen molar-refractivity contribution in [2.75, 3.05) is 31.1 Å². The number of alkyl halides is 1. The third-order valence-corrected chi connectivity index (χ3v) is 10.7. The van der Waals surface area contributed by atoms with Crippen molar-refractivity contribution in [3.8, 4) is 0 Å². The number of anilines is 1. The van der Waals surface area contributed by atoms with E-state index in [1.165, 1.54) is 0 Å². The summed E-state index contributed by atoms with van der Waals surface area (Å²) in [5.41, 5.74) is 1.96. The molecule has 2 bridgehead atoms. The van der Waals surface area contributed by atoms with Gasteiger partial charge in [-0.3, -0.25) is 19.2 Å². The molecule has 10 nitrogen and oxygen atoms in total. The highest BCUT2D eigenvalue weighted by Gasteiger charge is 2.77. The first-order chi connectivity index (χ1) is 23.6. The van der Waals surface area contributed by atoms with Gasteiger partial charge < -0.3 is 29.7 Å². The van der Waals surface area contributed by atoms with E-state index < -0.39 is 41.7 Å². The van der Waals surface area contributed by atoms with E-state index in [2.05, 4.69) is 34.4 Å². The minimum atomic E-state index is -1.28. The van der Waals surface area contributed by atoms with Gasteiger partial charge in [-0.15, -0.1) is 13.2 Å². The Morgan fingerprint density at radius 3 is 2.49 bits per heavy atom. The number of aliphatic hydroxyl groups excluding tert-OH is 1. The highest BCUT2D eigenvalue weighted by Crippen LogP contribution is 2.60. The second-order valence-electron chi connectivity index (χ2n) is 13.1. The van der Waals surface area contributed by atoms with E-state index in [1.807, 2.05) is 62.4 Å². The van der Waals surface area contributed by atoms with E-state index in [9.17, 15) is 24.3 Å². The number of nitrogens with one attached hydrogen (secondary N) is 1. The molecule has 262 valence electrons. The lowest BCUT2D eigenvalue weighted by molar-refractivity contribution is -0.160. The fourth-order valence-corrected chi connectivity index (χ4v) is 8.70. The number of hydrogen-bond donors (Lipinski definition) is 2. The van der Waals surface area contributed by atoms with Crippen LogP contribution in [0.3, 0.4) is 0 Å². The SMILES string of the molecule is C=CCCC(=O)NC[C@H](OC(=O)[C@@H]1[C@H]2O[C@@]3(CC2Br)[C@H](C(=O)N(CC=C)c2c(C)cccc2C)N(CCCCO)C(=O)[C@@H]13)c1ccccc1. The molecule has 1 unspecified atom stereocenters. The van der Waals surface area contributed by atoms with Crippen LogP contribution in [-0.4, -0.2) is 82.5 Å². The number of benzene rings is 2. The number of amides is 3. The van der Waals surface area contributed by atoms with Crippen molar-refractivity contribution in [3.63, 3.8) is 0 Å². The Kier molecular flexibility index (Phi) is 11.8. The molecule has 0 aromatic heterocycles. The van der Waals surface area contributed by atoms with Gasteiger partial charge in [-0.25, -0.2) is 0 Å². The van der Waals surface area contributed by atoms with Crippen molar-refractivity contribution in [1.29, 1.82) is 0 Å². The average Bonchev–Trinajstić information content (AvgIpc) is 3.68. The van der Waals surface area contributed by atoms with E-state index in [-0.39, 0.29) is 55.2 Å². The highest BCUT2D eigenvalue weighted by atomic mass is 79.9. The summed E-state index contributed by atoms with van der Waals surface area (Å²) in [5, 5.41) is 12.4. The van der Waals surface area contributed by atoms with Gasteiger partial charge in [-0.1, -0.05) is 76.6 Å². The second kappa shape index (κ2) is 15.8. The van der Waals surface area contributed by atoms with Gasteiger partial charge in [0.15, 0.2) is 0 Å². The Morgan fingerprint density at radius 2 is 1.84 bits per heavy atom. The molecular formula is C38H46BrN3O7. The number of nitrogens with zero attached hydrogens (tertiary/aromatic N) is 2. The first kappa shape index (κ1) is 36.5. The molecule has 11 heteroatoms. The molecule has 2 N–H and O–H groups in total. The van der Waals surface area contributed by atoms with Gasteiger partial charge in [-0.2, -0.15) is 0 Å². The third kappa shape index (κ3) is 7.11. The van der Waals surface area contributed by atoms with Crippen molar-refractivity contribution in [3.05, 3.63) is 90.5 Å². The minimum Gasteiger partial charge on any atom is -0.455 e. The van der Waals surface area contributed by atoms with E-state index in [0.29, 0.717) is 31.2 Å². The van der Waals surface area contributed by atoms with Gasteiger partial charge in [0.25, 0.3) is 5.91 Å². The summed E-state index contributed by atoms with van der Waals surface area (Å²) in [6.45, 7) is 11.9. The molecule has 3 aliphatic heterocycles. The van der Waals surface area contributed by atoms with Gasteiger partial charge >= 0.3 is 5.97 Å². The molecule has 3 saturated heterocycles. The van der Waals surface area contributed by atoms with Crippen molar-refractivity contribution in [2.45, 2.75) is 74.6 Å². The summed E-state index contributed by atoms with van der Waals surface area (Å²) in [5.74, 6) is -3.41. The quantitative estimate of drug-likeness (QED) is 0.111. The lowest BCUT2D eigenvalue weighted by Crippen LogP contribution is -2.57. The number of para-hydroxylation sites is 1. The number of hydrogen-bond acceptors (Lipinski definition) is 7. The normalized spacial score (nSPS) is 25.8. The summed E-state index contributed by atoms with van der Waals surface area (Å²) in [6, 6.07) is 13.9. The largest absolute Gasteiger partial charge is 0.455 e. The number of carbonyl (C=O) groups excluding carboxylic acids is 4.